The van der Waals surface area contributed by atoms with Crippen LogP contribution in [0.3, 0.4) is 0 Å². The third-order valence-electron chi connectivity index (χ3n) is 1.28. The number of halogens is 3. The lowest BCUT2D eigenvalue weighted by molar-refractivity contribution is 0.506. The molecule has 1 rings (SSSR count). The Morgan fingerprint density at radius 3 is 2.45 bits per heavy atom. The van der Waals surface area contributed by atoms with Crippen LogP contribution in [0.4, 0.5) is 8.78 Å². The van der Waals surface area contributed by atoms with Gasteiger partial charge in [-0.25, -0.2) is 8.78 Å². The first-order valence-corrected chi connectivity index (χ1v) is 3.72. The van der Waals surface area contributed by atoms with E-state index in [9.17, 15) is 8.78 Å². The number of hydrogen-bond acceptors (Lipinski definition) is 0. The summed E-state index contributed by atoms with van der Waals surface area (Å²) in [4.78, 5) is 0. The van der Waals surface area contributed by atoms with Crippen LogP contribution in [0.5, 0.6) is 0 Å². The molecule has 11 heavy (non-hydrogen) atoms. The fraction of sp³-hybridized carbons (Fsp3) is 0. The zero-order valence-electron chi connectivity index (χ0n) is 5.57. The molecule has 0 fully saturated rings. The largest absolute Gasteiger partial charge is 0.204 e. The maximum absolute atomic E-state index is 12.8. The van der Waals surface area contributed by atoms with Crippen molar-refractivity contribution in [2.75, 3.05) is 0 Å². The minimum absolute atomic E-state index is 0.157. The van der Waals surface area contributed by atoms with Crippen LogP contribution in [0.25, 0.3) is 6.08 Å². The summed E-state index contributed by atoms with van der Waals surface area (Å²) in [6.07, 6.45) is 1.27. The Hall–Kier alpha value is -0.700. The van der Waals surface area contributed by atoms with Gasteiger partial charge in [0.2, 0.25) is 0 Å². The molecule has 0 aliphatic heterocycles. The molecule has 0 radical (unpaired) electrons. The van der Waals surface area contributed by atoms with Gasteiger partial charge in [-0.15, -0.1) is 0 Å². The first-order valence-electron chi connectivity index (χ1n) is 2.92. The van der Waals surface area contributed by atoms with E-state index in [1.807, 2.05) is 0 Å². The minimum Gasteiger partial charge on any atom is -0.204 e. The Bertz CT molecular complexity index is 294. The minimum atomic E-state index is -0.866. The second-order valence-corrected chi connectivity index (χ2v) is 2.82. The SMILES string of the molecule is C=Cc1c(Br)ccc(F)c1F. The molecule has 0 saturated carbocycles. The standard InChI is InChI=1S/C8H5BrF2/c1-2-5-6(9)3-4-7(10)8(5)11/h2-4H,1H2. The molecule has 0 aliphatic rings. The van der Waals surface area contributed by atoms with Crippen molar-refractivity contribution in [2.24, 2.45) is 0 Å². The van der Waals surface area contributed by atoms with E-state index < -0.39 is 11.6 Å². The highest BCUT2D eigenvalue weighted by atomic mass is 79.9. The monoisotopic (exact) mass is 218 g/mol. The van der Waals surface area contributed by atoms with Gasteiger partial charge < -0.3 is 0 Å². The summed E-state index contributed by atoms with van der Waals surface area (Å²) in [6, 6.07) is 2.50. The van der Waals surface area contributed by atoms with Gasteiger partial charge in [-0.3, -0.25) is 0 Å². The lowest BCUT2D eigenvalue weighted by Crippen LogP contribution is -1.88. The van der Waals surface area contributed by atoms with Crippen LogP contribution in [0.1, 0.15) is 5.56 Å². The third kappa shape index (κ3) is 1.48. The predicted octanol–water partition coefficient (Wildman–Crippen LogP) is 3.37. The lowest BCUT2D eigenvalue weighted by atomic mass is 10.2. The van der Waals surface area contributed by atoms with Crippen molar-refractivity contribution in [3.8, 4) is 0 Å². The zero-order chi connectivity index (χ0) is 8.43. The average Bonchev–Trinajstić information content (AvgIpc) is 1.99. The van der Waals surface area contributed by atoms with Gasteiger partial charge in [-0.2, -0.15) is 0 Å². The van der Waals surface area contributed by atoms with Crippen LogP contribution in [0.2, 0.25) is 0 Å². The number of rotatable bonds is 1. The van der Waals surface area contributed by atoms with Gasteiger partial charge in [0.05, 0.1) is 0 Å². The van der Waals surface area contributed by atoms with Crippen molar-refractivity contribution in [2.45, 2.75) is 0 Å². The molecular formula is C8H5BrF2. The molecule has 0 amide bonds. The van der Waals surface area contributed by atoms with Gasteiger partial charge in [0.15, 0.2) is 11.6 Å². The van der Waals surface area contributed by atoms with Crippen LogP contribution in [-0.2, 0) is 0 Å². The molecule has 0 spiro atoms. The van der Waals surface area contributed by atoms with Gasteiger partial charge in [-0.1, -0.05) is 28.6 Å². The molecule has 0 heterocycles. The highest BCUT2D eigenvalue weighted by Crippen LogP contribution is 2.22. The third-order valence-corrected chi connectivity index (χ3v) is 1.98. The van der Waals surface area contributed by atoms with Crippen LogP contribution in [-0.4, -0.2) is 0 Å². The fourth-order valence-electron chi connectivity index (χ4n) is 0.730. The van der Waals surface area contributed by atoms with Gasteiger partial charge >= 0.3 is 0 Å². The van der Waals surface area contributed by atoms with E-state index in [1.165, 1.54) is 12.1 Å². The first kappa shape index (κ1) is 8.40. The van der Waals surface area contributed by atoms with Crippen molar-refractivity contribution in [3.05, 3.63) is 40.4 Å². The molecule has 0 aromatic heterocycles. The van der Waals surface area contributed by atoms with Crippen molar-refractivity contribution >= 4 is 22.0 Å². The highest BCUT2D eigenvalue weighted by molar-refractivity contribution is 9.10. The van der Waals surface area contributed by atoms with Crippen LogP contribution < -0.4 is 0 Å². The van der Waals surface area contributed by atoms with Crippen LogP contribution >= 0.6 is 15.9 Å². The normalized spacial score (nSPS) is 9.73. The predicted molar refractivity (Wildman–Crippen MR) is 44.1 cm³/mol. The lowest BCUT2D eigenvalue weighted by Gasteiger charge is -1.99. The summed E-state index contributed by atoms with van der Waals surface area (Å²) < 4.78 is 25.8. The highest BCUT2D eigenvalue weighted by Gasteiger charge is 2.07. The molecule has 0 atom stereocenters. The molecule has 58 valence electrons. The van der Waals surface area contributed by atoms with Gasteiger partial charge in [0.1, 0.15) is 0 Å². The molecule has 0 saturated heterocycles. The molecule has 1 aromatic rings. The van der Waals surface area contributed by atoms with Gasteiger partial charge in [0, 0.05) is 10.0 Å². The second-order valence-electron chi connectivity index (χ2n) is 1.96. The maximum atomic E-state index is 12.8. The molecule has 1 aromatic carbocycles. The van der Waals surface area contributed by atoms with Crippen LogP contribution in [0.15, 0.2) is 23.2 Å². The molecule has 3 heteroatoms. The summed E-state index contributed by atoms with van der Waals surface area (Å²) in [7, 11) is 0. The Labute approximate surface area is 71.7 Å². The van der Waals surface area contributed by atoms with E-state index in [2.05, 4.69) is 22.5 Å². The van der Waals surface area contributed by atoms with E-state index >= 15 is 0 Å². The van der Waals surface area contributed by atoms with E-state index in [-0.39, 0.29) is 5.56 Å². The molecule has 0 N–H and O–H groups in total. The van der Waals surface area contributed by atoms with E-state index in [4.69, 9.17) is 0 Å². The maximum Gasteiger partial charge on any atom is 0.167 e. The summed E-state index contributed by atoms with van der Waals surface area (Å²) >= 11 is 3.06. The Morgan fingerprint density at radius 1 is 1.36 bits per heavy atom. The molecule has 0 unspecified atom stereocenters. The summed E-state index contributed by atoms with van der Waals surface area (Å²) in [5.41, 5.74) is 0.157. The average molecular weight is 219 g/mol. The summed E-state index contributed by atoms with van der Waals surface area (Å²) in [5.74, 6) is -1.72. The Morgan fingerprint density at radius 2 is 2.00 bits per heavy atom. The van der Waals surface area contributed by atoms with Crippen molar-refractivity contribution < 1.29 is 8.78 Å². The Kier molecular flexibility index (Phi) is 2.39. The van der Waals surface area contributed by atoms with E-state index in [1.54, 1.807) is 0 Å². The topological polar surface area (TPSA) is 0 Å². The van der Waals surface area contributed by atoms with Crippen LogP contribution in [0, 0.1) is 11.6 Å². The van der Waals surface area contributed by atoms with E-state index in [0.717, 1.165) is 6.07 Å². The van der Waals surface area contributed by atoms with Crippen molar-refractivity contribution in [1.82, 2.24) is 0 Å². The summed E-state index contributed by atoms with van der Waals surface area (Å²) in [6.45, 7) is 3.36. The number of benzene rings is 1. The number of hydrogen-bond donors (Lipinski definition) is 0. The second kappa shape index (κ2) is 3.13. The molecule has 0 nitrogen and oxygen atoms in total. The molecule has 0 aliphatic carbocycles. The van der Waals surface area contributed by atoms with Gasteiger partial charge in [0.25, 0.3) is 0 Å². The quantitative estimate of drug-likeness (QED) is 0.635. The van der Waals surface area contributed by atoms with Crippen molar-refractivity contribution in [1.29, 1.82) is 0 Å². The molecular weight excluding hydrogens is 214 g/mol. The van der Waals surface area contributed by atoms with E-state index in [0.29, 0.717) is 4.47 Å². The Balaban J connectivity index is 3.40. The smallest absolute Gasteiger partial charge is 0.167 e. The first-order chi connectivity index (χ1) is 5.16. The fourth-order valence-corrected chi connectivity index (χ4v) is 1.20. The summed E-state index contributed by atoms with van der Waals surface area (Å²) in [5, 5.41) is 0. The van der Waals surface area contributed by atoms with Gasteiger partial charge in [-0.05, 0) is 12.1 Å². The van der Waals surface area contributed by atoms with Crippen molar-refractivity contribution in [3.63, 3.8) is 0 Å². The zero-order valence-corrected chi connectivity index (χ0v) is 7.16. The molecule has 0 bridgehead atoms.